The van der Waals surface area contributed by atoms with Crippen LogP contribution in [0, 0.1) is 0 Å². The molecule has 1 heterocycles. The van der Waals surface area contributed by atoms with E-state index in [2.05, 4.69) is 0 Å². The number of hydrogen-bond donors (Lipinski definition) is 0. The molecule has 2 aromatic carbocycles. The molecule has 0 N–H and O–H groups in total. The molecule has 2 amide bonds. The average molecular weight is 330 g/mol. The number of nitrogens with zero attached hydrogens (tertiary/aromatic N) is 1. The zero-order valence-electron chi connectivity index (χ0n) is 11.5. The van der Waals surface area contributed by atoms with Gasteiger partial charge in [-0.2, -0.15) is 0 Å². The van der Waals surface area contributed by atoms with Gasteiger partial charge in [-0.3, -0.25) is 14.5 Å². The Labute approximate surface area is 137 Å². The Morgan fingerprint density at radius 2 is 1.68 bits per heavy atom. The van der Waals surface area contributed by atoms with Crippen molar-refractivity contribution in [1.82, 2.24) is 4.90 Å². The first-order valence-corrected chi connectivity index (χ1v) is 7.88. The second kappa shape index (κ2) is 6.38. The molecule has 0 aromatic heterocycles. The lowest BCUT2D eigenvalue weighted by atomic mass is 10.2. The minimum atomic E-state index is -0.279. The highest BCUT2D eigenvalue weighted by Gasteiger charge is 2.35. The van der Waals surface area contributed by atoms with Gasteiger partial charge in [-0.1, -0.05) is 60.1 Å². The first kappa shape index (κ1) is 14.9. The molecular formula is C17H12ClNO2S. The highest BCUT2D eigenvalue weighted by Crippen LogP contribution is 2.34. The molecule has 1 fully saturated rings. The molecule has 5 heteroatoms. The fourth-order valence-electron chi connectivity index (χ4n) is 2.13. The third kappa shape index (κ3) is 3.08. The van der Waals surface area contributed by atoms with Gasteiger partial charge >= 0.3 is 0 Å². The largest absolute Gasteiger partial charge is 0.293 e. The molecule has 1 saturated heterocycles. The van der Waals surface area contributed by atoms with Crippen molar-refractivity contribution >= 4 is 40.6 Å². The molecule has 3 nitrogen and oxygen atoms in total. The molecule has 2 aromatic rings. The molecule has 0 aliphatic carbocycles. The van der Waals surface area contributed by atoms with Gasteiger partial charge in [0.05, 0.1) is 11.4 Å². The maximum Gasteiger partial charge on any atom is 0.293 e. The number of rotatable bonds is 3. The van der Waals surface area contributed by atoms with Crippen LogP contribution in [0.15, 0.2) is 59.5 Å². The van der Waals surface area contributed by atoms with Crippen molar-refractivity contribution in [2.45, 2.75) is 6.54 Å². The molecule has 0 unspecified atom stereocenters. The lowest BCUT2D eigenvalue weighted by Crippen LogP contribution is -2.27. The second-order valence-corrected chi connectivity index (χ2v) is 6.17. The molecule has 0 radical (unpaired) electrons. The Balaban J connectivity index is 1.83. The van der Waals surface area contributed by atoms with Gasteiger partial charge in [-0.25, -0.2) is 0 Å². The van der Waals surface area contributed by atoms with Crippen molar-refractivity contribution in [3.05, 3.63) is 75.7 Å². The summed E-state index contributed by atoms with van der Waals surface area (Å²) in [5, 5.41) is 0.278. The monoisotopic (exact) mass is 329 g/mol. The summed E-state index contributed by atoms with van der Waals surface area (Å²) in [6.07, 6.45) is 1.73. The number of halogens is 1. The summed E-state index contributed by atoms with van der Waals surface area (Å²) in [5.74, 6) is -0.279. The Morgan fingerprint density at radius 3 is 2.41 bits per heavy atom. The van der Waals surface area contributed by atoms with Crippen LogP contribution in [0.2, 0.25) is 5.02 Å². The van der Waals surface area contributed by atoms with Gasteiger partial charge in [-0.05, 0) is 35.0 Å². The maximum atomic E-state index is 12.4. The number of benzene rings is 2. The van der Waals surface area contributed by atoms with Crippen molar-refractivity contribution in [2.75, 3.05) is 0 Å². The SMILES string of the molecule is O=C1SC(=Cc2ccccc2)C(=O)N1Cc1ccccc1Cl. The average Bonchev–Trinajstić information content (AvgIpc) is 2.78. The number of thioether (sulfide) groups is 1. The van der Waals surface area contributed by atoms with Crippen LogP contribution in [0.4, 0.5) is 4.79 Å². The van der Waals surface area contributed by atoms with E-state index in [1.165, 1.54) is 4.90 Å². The van der Waals surface area contributed by atoms with Crippen molar-refractivity contribution in [3.63, 3.8) is 0 Å². The van der Waals surface area contributed by atoms with Crippen LogP contribution in [-0.4, -0.2) is 16.0 Å². The summed E-state index contributed by atoms with van der Waals surface area (Å²) < 4.78 is 0. The van der Waals surface area contributed by atoms with E-state index in [1.807, 2.05) is 48.5 Å². The van der Waals surface area contributed by atoms with Crippen LogP contribution >= 0.6 is 23.4 Å². The van der Waals surface area contributed by atoms with Gasteiger partial charge in [0, 0.05) is 5.02 Å². The van der Waals surface area contributed by atoms with Crippen molar-refractivity contribution in [2.24, 2.45) is 0 Å². The van der Waals surface area contributed by atoms with Crippen LogP contribution in [0.1, 0.15) is 11.1 Å². The van der Waals surface area contributed by atoms with E-state index in [9.17, 15) is 9.59 Å². The quantitative estimate of drug-likeness (QED) is 0.774. The highest BCUT2D eigenvalue weighted by atomic mass is 35.5. The maximum absolute atomic E-state index is 12.4. The van der Waals surface area contributed by atoms with Gasteiger partial charge in [-0.15, -0.1) is 0 Å². The summed E-state index contributed by atoms with van der Waals surface area (Å²) in [7, 11) is 0. The first-order chi connectivity index (χ1) is 10.6. The van der Waals surface area contributed by atoms with E-state index >= 15 is 0 Å². The smallest absolute Gasteiger partial charge is 0.268 e. The molecule has 1 aliphatic heterocycles. The van der Waals surface area contributed by atoms with E-state index in [0.29, 0.717) is 9.93 Å². The number of amides is 2. The van der Waals surface area contributed by atoms with Crippen LogP contribution in [0.3, 0.4) is 0 Å². The fraction of sp³-hybridized carbons (Fsp3) is 0.0588. The Kier molecular flexibility index (Phi) is 4.32. The minimum Gasteiger partial charge on any atom is -0.268 e. The lowest BCUT2D eigenvalue weighted by molar-refractivity contribution is -0.123. The third-order valence-corrected chi connectivity index (χ3v) is 4.53. The fourth-order valence-corrected chi connectivity index (χ4v) is 3.17. The molecule has 110 valence electrons. The number of hydrogen-bond acceptors (Lipinski definition) is 3. The Hall–Kier alpha value is -2.04. The Morgan fingerprint density at radius 1 is 1.00 bits per heavy atom. The van der Waals surface area contributed by atoms with E-state index < -0.39 is 0 Å². The molecule has 1 aliphatic rings. The lowest BCUT2D eigenvalue weighted by Gasteiger charge is -2.13. The van der Waals surface area contributed by atoms with Crippen LogP contribution in [0.25, 0.3) is 6.08 Å². The molecular weight excluding hydrogens is 318 g/mol. The summed E-state index contributed by atoms with van der Waals surface area (Å²) in [4.78, 5) is 26.2. The summed E-state index contributed by atoms with van der Waals surface area (Å²) in [6, 6.07) is 16.7. The van der Waals surface area contributed by atoms with Crippen molar-refractivity contribution in [3.8, 4) is 0 Å². The van der Waals surface area contributed by atoms with Crippen LogP contribution in [0.5, 0.6) is 0 Å². The van der Waals surface area contributed by atoms with Gasteiger partial charge < -0.3 is 0 Å². The van der Waals surface area contributed by atoms with E-state index in [4.69, 9.17) is 11.6 Å². The Bertz CT molecular complexity index is 758. The van der Waals surface area contributed by atoms with Gasteiger partial charge in [0.1, 0.15) is 0 Å². The van der Waals surface area contributed by atoms with Crippen LogP contribution < -0.4 is 0 Å². The predicted octanol–water partition coefficient (Wildman–Crippen LogP) is 4.58. The van der Waals surface area contributed by atoms with Gasteiger partial charge in [0.2, 0.25) is 0 Å². The van der Waals surface area contributed by atoms with E-state index in [1.54, 1.807) is 12.1 Å². The molecule has 22 heavy (non-hydrogen) atoms. The second-order valence-electron chi connectivity index (χ2n) is 4.77. The molecule has 0 atom stereocenters. The molecule has 0 spiro atoms. The number of carbonyl (C=O) groups excluding carboxylic acids is 2. The van der Waals surface area contributed by atoms with Crippen molar-refractivity contribution in [1.29, 1.82) is 0 Å². The molecule has 0 saturated carbocycles. The molecule has 3 rings (SSSR count). The predicted molar refractivity (Wildman–Crippen MR) is 89.4 cm³/mol. The zero-order valence-corrected chi connectivity index (χ0v) is 13.1. The zero-order chi connectivity index (χ0) is 15.5. The van der Waals surface area contributed by atoms with Crippen molar-refractivity contribution < 1.29 is 9.59 Å². The van der Waals surface area contributed by atoms with Crippen LogP contribution in [-0.2, 0) is 11.3 Å². The first-order valence-electron chi connectivity index (χ1n) is 6.69. The number of imide groups is 1. The van der Waals surface area contributed by atoms with E-state index in [0.717, 1.165) is 22.9 Å². The van der Waals surface area contributed by atoms with Gasteiger partial charge in [0.15, 0.2) is 0 Å². The summed E-state index contributed by atoms with van der Waals surface area (Å²) >= 11 is 7.05. The summed E-state index contributed by atoms with van der Waals surface area (Å²) in [5.41, 5.74) is 1.65. The van der Waals surface area contributed by atoms with Gasteiger partial charge in [0.25, 0.3) is 11.1 Å². The minimum absolute atomic E-state index is 0.191. The highest BCUT2D eigenvalue weighted by molar-refractivity contribution is 8.18. The van der Waals surface area contributed by atoms with E-state index in [-0.39, 0.29) is 17.7 Å². The standard InChI is InChI=1S/C17H12ClNO2S/c18-14-9-5-4-8-13(14)11-19-16(20)15(22-17(19)21)10-12-6-2-1-3-7-12/h1-10H,11H2. The normalized spacial score (nSPS) is 16.6. The third-order valence-electron chi connectivity index (χ3n) is 3.26. The topological polar surface area (TPSA) is 37.4 Å². The molecule has 0 bridgehead atoms. The summed E-state index contributed by atoms with van der Waals surface area (Å²) in [6.45, 7) is 0.191. The number of carbonyl (C=O) groups is 2.